The Balaban J connectivity index is 2.42. The second-order valence-corrected chi connectivity index (χ2v) is 4.44. The van der Waals surface area contributed by atoms with Gasteiger partial charge in [-0.25, -0.2) is 9.07 Å². The fraction of sp³-hybridized carbons (Fsp3) is 0.167. The number of ether oxygens (including phenoxy) is 1. The first-order chi connectivity index (χ1) is 9.38. The Bertz CT molecular complexity index is 653. The highest BCUT2D eigenvalue weighted by atomic mass is 35.5. The molecule has 2 aromatic rings. The van der Waals surface area contributed by atoms with Crippen molar-refractivity contribution in [2.45, 2.75) is 6.92 Å². The molecular weight excluding hydrogens is 289 g/mol. The lowest BCUT2D eigenvalue weighted by Gasteiger charge is -2.09. The molecule has 0 saturated carbocycles. The van der Waals surface area contributed by atoms with Gasteiger partial charge in [0.15, 0.2) is 18.2 Å². The van der Waals surface area contributed by atoms with Crippen molar-refractivity contribution in [1.82, 2.24) is 9.78 Å². The number of nitrogens with two attached hydrogens (primary N) is 1. The van der Waals surface area contributed by atoms with E-state index in [4.69, 9.17) is 22.1 Å². The van der Waals surface area contributed by atoms with Crippen LogP contribution in [0.3, 0.4) is 0 Å². The third kappa shape index (κ3) is 2.83. The molecule has 1 aromatic heterocycles. The number of aromatic hydroxyl groups is 1. The number of aryl methyl sites for hydroxylation is 1. The zero-order chi connectivity index (χ0) is 14.9. The number of halogens is 2. The molecule has 20 heavy (non-hydrogen) atoms. The lowest BCUT2D eigenvalue weighted by atomic mass is 10.3. The maximum atomic E-state index is 13.9. The van der Waals surface area contributed by atoms with Crippen molar-refractivity contribution < 1.29 is 19.0 Å². The summed E-state index contributed by atoms with van der Waals surface area (Å²) in [4.78, 5) is 10.7. The van der Waals surface area contributed by atoms with Crippen LogP contribution in [0.1, 0.15) is 5.69 Å². The van der Waals surface area contributed by atoms with E-state index in [1.807, 2.05) is 0 Å². The number of carbonyl (C=O) groups excluding carboxylic acids is 1. The molecule has 0 bridgehead atoms. The van der Waals surface area contributed by atoms with Gasteiger partial charge in [0, 0.05) is 6.07 Å². The van der Waals surface area contributed by atoms with Crippen LogP contribution >= 0.6 is 11.6 Å². The van der Waals surface area contributed by atoms with Crippen molar-refractivity contribution >= 4 is 17.5 Å². The smallest absolute Gasteiger partial charge is 0.255 e. The van der Waals surface area contributed by atoms with Crippen LogP contribution in [0.25, 0.3) is 5.69 Å². The molecule has 0 aliphatic carbocycles. The first kappa shape index (κ1) is 14.1. The van der Waals surface area contributed by atoms with Gasteiger partial charge in [0.25, 0.3) is 5.91 Å². The van der Waals surface area contributed by atoms with Gasteiger partial charge in [-0.3, -0.25) is 4.79 Å². The minimum absolute atomic E-state index is 0.000556. The summed E-state index contributed by atoms with van der Waals surface area (Å²) in [6.45, 7) is 1.19. The van der Waals surface area contributed by atoms with E-state index >= 15 is 0 Å². The second-order valence-electron chi connectivity index (χ2n) is 4.03. The Morgan fingerprint density at radius 1 is 1.60 bits per heavy atom. The van der Waals surface area contributed by atoms with Crippen LogP contribution in [0.4, 0.5) is 4.39 Å². The molecule has 0 aliphatic rings. The van der Waals surface area contributed by atoms with Crippen LogP contribution < -0.4 is 10.5 Å². The molecule has 1 aromatic carbocycles. The van der Waals surface area contributed by atoms with E-state index in [-0.39, 0.29) is 28.8 Å². The molecule has 0 atom stereocenters. The number of aromatic nitrogens is 2. The maximum Gasteiger partial charge on any atom is 0.255 e. The fourth-order valence-corrected chi connectivity index (χ4v) is 1.73. The molecule has 8 heteroatoms. The Morgan fingerprint density at radius 2 is 2.30 bits per heavy atom. The first-order valence-electron chi connectivity index (χ1n) is 5.54. The molecule has 0 fully saturated rings. The van der Waals surface area contributed by atoms with Gasteiger partial charge in [-0.05, 0) is 13.0 Å². The minimum atomic E-state index is -0.681. The summed E-state index contributed by atoms with van der Waals surface area (Å²) in [6.07, 6.45) is 1.25. The number of hydrogen-bond donors (Lipinski definition) is 2. The Hall–Kier alpha value is -2.28. The molecule has 3 N–H and O–H groups in total. The van der Waals surface area contributed by atoms with Crippen LogP contribution in [0, 0.1) is 12.7 Å². The SMILES string of the molecule is Cc1nn(-c2cc(OCC(N)=O)c(Cl)cc2F)cc1O. The molecule has 106 valence electrons. The number of amides is 1. The normalized spacial score (nSPS) is 10.6. The summed E-state index contributed by atoms with van der Waals surface area (Å²) in [6, 6.07) is 2.30. The average Bonchev–Trinajstić information content (AvgIpc) is 2.68. The molecule has 6 nitrogen and oxygen atoms in total. The van der Waals surface area contributed by atoms with Crippen molar-refractivity contribution in [3.8, 4) is 17.2 Å². The van der Waals surface area contributed by atoms with Crippen molar-refractivity contribution in [3.05, 3.63) is 34.9 Å². The number of hydrogen-bond acceptors (Lipinski definition) is 4. The third-order valence-corrected chi connectivity index (χ3v) is 2.79. The van der Waals surface area contributed by atoms with Gasteiger partial charge in [0.2, 0.25) is 0 Å². The molecule has 0 aliphatic heterocycles. The highest BCUT2D eigenvalue weighted by Crippen LogP contribution is 2.30. The standard InChI is InChI=1S/C12H11ClFN3O3/c1-6-10(18)4-17(16-6)9-3-11(20-5-12(15)19)7(13)2-8(9)14/h2-4,18H,5H2,1H3,(H2,15,19). The number of nitrogens with zero attached hydrogens (tertiary/aromatic N) is 2. The molecule has 1 amide bonds. The predicted molar refractivity (Wildman–Crippen MR) is 69.6 cm³/mol. The summed E-state index contributed by atoms with van der Waals surface area (Å²) in [5, 5.41) is 13.4. The molecule has 0 spiro atoms. The third-order valence-electron chi connectivity index (χ3n) is 2.49. The summed E-state index contributed by atoms with van der Waals surface area (Å²) in [5.41, 5.74) is 5.33. The molecule has 2 rings (SSSR count). The van der Waals surface area contributed by atoms with Crippen molar-refractivity contribution in [1.29, 1.82) is 0 Å². The van der Waals surface area contributed by atoms with Crippen LogP contribution in [0.2, 0.25) is 5.02 Å². The summed E-state index contributed by atoms with van der Waals surface area (Å²) < 4.78 is 20.1. The van der Waals surface area contributed by atoms with Gasteiger partial charge in [0.1, 0.15) is 17.1 Å². The number of rotatable bonds is 4. The largest absolute Gasteiger partial charge is 0.504 e. The van der Waals surface area contributed by atoms with Crippen LogP contribution in [-0.4, -0.2) is 27.4 Å². The number of carbonyl (C=O) groups is 1. The average molecular weight is 300 g/mol. The van der Waals surface area contributed by atoms with E-state index in [1.165, 1.54) is 12.3 Å². The van der Waals surface area contributed by atoms with Crippen molar-refractivity contribution in [3.63, 3.8) is 0 Å². The molecule has 0 unspecified atom stereocenters. The van der Waals surface area contributed by atoms with E-state index in [2.05, 4.69) is 5.10 Å². The van der Waals surface area contributed by atoms with Crippen LogP contribution in [0.5, 0.6) is 11.5 Å². The topological polar surface area (TPSA) is 90.4 Å². The zero-order valence-electron chi connectivity index (χ0n) is 10.4. The van der Waals surface area contributed by atoms with Crippen LogP contribution in [0.15, 0.2) is 18.3 Å². The summed E-state index contributed by atoms with van der Waals surface area (Å²) in [7, 11) is 0. The highest BCUT2D eigenvalue weighted by Gasteiger charge is 2.14. The molecular formula is C12H11ClFN3O3. The van der Waals surface area contributed by atoms with Gasteiger partial charge in [-0.15, -0.1) is 0 Å². The first-order valence-corrected chi connectivity index (χ1v) is 5.92. The Morgan fingerprint density at radius 3 is 2.85 bits per heavy atom. The molecule has 1 heterocycles. The lowest BCUT2D eigenvalue weighted by Crippen LogP contribution is -2.20. The van der Waals surface area contributed by atoms with Crippen LogP contribution in [-0.2, 0) is 4.79 Å². The van der Waals surface area contributed by atoms with Gasteiger partial charge in [0.05, 0.1) is 11.2 Å². The lowest BCUT2D eigenvalue weighted by molar-refractivity contribution is -0.119. The van der Waals surface area contributed by atoms with Crippen molar-refractivity contribution in [2.75, 3.05) is 6.61 Å². The van der Waals surface area contributed by atoms with E-state index in [9.17, 15) is 14.3 Å². The zero-order valence-corrected chi connectivity index (χ0v) is 11.2. The highest BCUT2D eigenvalue weighted by molar-refractivity contribution is 6.32. The van der Waals surface area contributed by atoms with E-state index in [0.29, 0.717) is 5.69 Å². The van der Waals surface area contributed by atoms with Gasteiger partial charge < -0.3 is 15.6 Å². The number of primary amides is 1. The van der Waals surface area contributed by atoms with Gasteiger partial charge >= 0.3 is 0 Å². The van der Waals surface area contributed by atoms with E-state index in [1.54, 1.807) is 6.92 Å². The van der Waals surface area contributed by atoms with Gasteiger partial charge in [-0.1, -0.05) is 11.6 Å². The minimum Gasteiger partial charge on any atom is -0.504 e. The second kappa shape index (κ2) is 5.38. The number of benzene rings is 1. The fourth-order valence-electron chi connectivity index (χ4n) is 1.53. The van der Waals surface area contributed by atoms with Gasteiger partial charge in [-0.2, -0.15) is 5.10 Å². The predicted octanol–water partition coefficient (Wildman–Crippen LogP) is 1.54. The molecule has 0 radical (unpaired) electrons. The summed E-state index contributed by atoms with van der Waals surface area (Å²) >= 11 is 5.81. The Kier molecular flexibility index (Phi) is 3.80. The molecule has 0 saturated heterocycles. The maximum absolute atomic E-state index is 13.9. The summed E-state index contributed by atoms with van der Waals surface area (Å²) in [5.74, 6) is -1.31. The van der Waals surface area contributed by atoms with E-state index in [0.717, 1.165) is 10.7 Å². The van der Waals surface area contributed by atoms with E-state index < -0.39 is 11.7 Å². The van der Waals surface area contributed by atoms with Crippen molar-refractivity contribution in [2.24, 2.45) is 5.73 Å². The Labute approximate surface area is 118 Å². The quantitative estimate of drug-likeness (QED) is 0.896. The monoisotopic (exact) mass is 299 g/mol.